The second-order valence-electron chi connectivity index (χ2n) is 4.55. The first kappa shape index (κ1) is 13.7. The number of hydrogen-bond donors (Lipinski definition) is 0. The fraction of sp³-hybridized carbons (Fsp3) is 0.545. The van der Waals surface area contributed by atoms with Gasteiger partial charge in [-0.3, -0.25) is 0 Å². The topological polar surface area (TPSA) is 33.0 Å². The fourth-order valence-electron chi connectivity index (χ4n) is 1.40. The van der Waals surface area contributed by atoms with Gasteiger partial charge in [-0.25, -0.2) is 0 Å². The van der Waals surface area contributed by atoms with E-state index in [0.29, 0.717) is 5.50 Å². The highest BCUT2D eigenvalue weighted by Gasteiger charge is 2.36. The summed E-state index contributed by atoms with van der Waals surface area (Å²) >= 11 is 7.48. The Kier molecular flexibility index (Phi) is 4.19. The zero-order chi connectivity index (χ0) is 12.4. The molecule has 1 aromatic heterocycles. The Bertz CT molecular complexity index is 412. The number of hydrogen-bond acceptors (Lipinski definition) is 3. The second-order valence-corrected chi connectivity index (χ2v) is 10.6. The lowest BCUT2D eigenvalue weighted by Gasteiger charge is -2.30. The first-order valence-electron chi connectivity index (χ1n) is 5.07. The molecule has 0 radical (unpaired) electrons. The van der Waals surface area contributed by atoms with Gasteiger partial charge in [-0.1, -0.05) is 0 Å². The first-order chi connectivity index (χ1) is 7.33. The van der Waals surface area contributed by atoms with Gasteiger partial charge in [0, 0.05) is 15.3 Å². The van der Waals surface area contributed by atoms with Crippen LogP contribution in [0.5, 0.6) is 0 Å². The summed E-state index contributed by atoms with van der Waals surface area (Å²) in [6.45, 7) is 7.89. The van der Waals surface area contributed by atoms with Crippen molar-refractivity contribution >= 4 is 31.3 Å². The molecule has 1 heterocycles. The van der Waals surface area contributed by atoms with Gasteiger partial charge in [0.2, 0.25) is 8.32 Å². The van der Waals surface area contributed by atoms with Gasteiger partial charge < -0.3 is 4.43 Å². The summed E-state index contributed by atoms with van der Waals surface area (Å²) in [5.74, 6) is 0. The summed E-state index contributed by atoms with van der Waals surface area (Å²) in [6.07, 6.45) is 0. The molecule has 88 valence electrons. The van der Waals surface area contributed by atoms with Crippen molar-refractivity contribution in [3.8, 4) is 6.07 Å². The van der Waals surface area contributed by atoms with E-state index in [-0.39, 0.29) is 0 Å². The molecule has 0 amide bonds. The van der Waals surface area contributed by atoms with Gasteiger partial charge in [0.25, 0.3) is 0 Å². The maximum atomic E-state index is 9.32. The van der Waals surface area contributed by atoms with Crippen LogP contribution in [0.1, 0.15) is 16.7 Å². The molecule has 0 aliphatic carbocycles. The van der Waals surface area contributed by atoms with Crippen molar-refractivity contribution in [2.45, 2.75) is 32.5 Å². The van der Waals surface area contributed by atoms with Crippen molar-refractivity contribution in [1.29, 1.82) is 5.26 Å². The van der Waals surface area contributed by atoms with Crippen LogP contribution in [-0.4, -0.2) is 13.8 Å². The highest BCUT2D eigenvalue weighted by atomic mass is 35.5. The van der Waals surface area contributed by atoms with Crippen LogP contribution < -0.4 is 0 Å². The molecule has 2 nitrogen and oxygen atoms in total. The molecule has 0 N–H and O–H groups in total. The SMILES string of the molecule is Cc1ccc(C(C)(C#N)O[Si](C)(C)CCl)s1. The molecule has 1 unspecified atom stereocenters. The molecular weight excluding hydrogens is 258 g/mol. The van der Waals surface area contributed by atoms with Crippen molar-refractivity contribution in [3.63, 3.8) is 0 Å². The predicted octanol–water partition coefficient (Wildman–Crippen LogP) is 3.80. The van der Waals surface area contributed by atoms with Gasteiger partial charge in [-0.15, -0.1) is 22.9 Å². The smallest absolute Gasteiger partial charge is 0.203 e. The first-order valence-corrected chi connectivity index (χ1v) is 9.54. The van der Waals surface area contributed by atoms with Crippen LogP contribution in [-0.2, 0) is 10.0 Å². The molecular formula is C11H16ClNOSSi. The Morgan fingerprint density at radius 3 is 2.56 bits per heavy atom. The van der Waals surface area contributed by atoms with Gasteiger partial charge in [0.05, 0.1) is 0 Å². The highest BCUT2D eigenvalue weighted by Crippen LogP contribution is 2.33. The second kappa shape index (κ2) is 4.88. The van der Waals surface area contributed by atoms with E-state index in [0.717, 1.165) is 4.88 Å². The summed E-state index contributed by atoms with van der Waals surface area (Å²) in [5.41, 5.74) is -0.363. The molecule has 0 saturated carbocycles. The van der Waals surface area contributed by atoms with Crippen molar-refractivity contribution in [2.75, 3.05) is 5.50 Å². The number of alkyl halides is 1. The monoisotopic (exact) mass is 273 g/mol. The molecule has 0 aliphatic rings. The third-order valence-electron chi connectivity index (χ3n) is 2.23. The van der Waals surface area contributed by atoms with Crippen molar-refractivity contribution in [1.82, 2.24) is 0 Å². The van der Waals surface area contributed by atoms with Crippen LogP contribution in [0.15, 0.2) is 12.1 Å². The zero-order valence-corrected chi connectivity index (χ0v) is 12.6. The normalized spacial score (nSPS) is 15.5. The minimum absolute atomic E-state index is 0.495. The average molecular weight is 274 g/mol. The number of halogens is 1. The third-order valence-corrected chi connectivity index (χ3v) is 6.97. The van der Waals surface area contributed by atoms with Crippen molar-refractivity contribution in [2.24, 2.45) is 0 Å². The molecule has 5 heteroatoms. The number of thiophene rings is 1. The van der Waals surface area contributed by atoms with Gasteiger partial charge in [-0.2, -0.15) is 5.26 Å². The van der Waals surface area contributed by atoms with Crippen LogP contribution >= 0.6 is 22.9 Å². The highest BCUT2D eigenvalue weighted by molar-refractivity contribution is 7.12. The number of nitrogens with zero attached hydrogens (tertiary/aromatic N) is 1. The molecule has 0 saturated heterocycles. The molecule has 1 aromatic rings. The van der Waals surface area contributed by atoms with E-state index in [4.69, 9.17) is 16.0 Å². The average Bonchev–Trinajstić information content (AvgIpc) is 2.65. The Balaban J connectivity index is 3.00. The molecule has 1 rings (SSSR count). The van der Waals surface area contributed by atoms with E-state index in [1.807, 2.05) is 39.1 Å². The van der Waals surface area contributed by atoms with Gasteiger partial charge in [-0.05, 0) is 39.1 Å². The molecule has 0 bridgehead atoms. The third kappa shape index (κ3) is 3.08. The Morgan fingerprint density at radius 2 is 2.19 bits per heavy atom. The summed E-state index contributed by atoms with van der Waals surface area (Å²) in [7, 11) is -1.96. The molecule has 16 heavy (non-hydrogen) atoms. The maximum absolute atomic E-state index is 9.32. The van der Waals surface area contributed by atoms with E-state index < -0.39 is 13.9 Å². The maximum Gasteiger partial charge on any atom is 0.203 e. The van der Waals surface area contributed by atoms with Gasteiger partial charge >= 0.3 is 0 Å². The summed E-state index contributed by atoms with van der Waals surface area (Å²) in [5, 5.41) is 9.32. The number of aryl methyl sites for hydroxylation is 1. The quantitative estimate of drug-likeness (QED) is 0.618. The van der Waals surface area contributed by atoms with Crippen molar-refractivity contribution < 1.29 is 4.43 Å². The lowest BCUT2D eigenvalue weighted by molar-refractivity contribution is 0.144. The Morgan fingerprint density at radius 1 is 1.56 bits per heavy atom. The zero-order valence-electron chi connectivity index (χ0n) is 10.0. The largest absolute Gasteiger partial charge is 0.395 e. The molecule has 0 aliphatic heterocycles. The molecule has 0 aromatic carbocycles. The van der Waals surface area contributed by atoms with E-state index in [1.54, 1.807) is 11.3 Å². The van der Waals surface area contributed by atoms with Crippen LogP contribution in [0.25, 0.3) is 0 Å². The van der Waals surface area contributed by atoms with E-state index >= 15 is 0 Å². The van der Waals surface area contributed by atoms with E-state index in [9.17, 15) is 5.26 Å². The van der Waals surface area contributed by atoms with Crippen LogP contribution in [0, 0.1) is 18.3 Å². The predicted molar refractivity (Wildman–Crippen MR) is 71.3 cm³/mol. The van der Waals surface area contributed by atoms with Crippen LogP contribution in [0.4, 0.5) is 0 Å². The lowest BCUT2D eigenvalue weighted by atomic mass is 10.1. The van der Waals surface area contributed by atoms with Crippen molar-refractivity contribution in [3.05, 3.63) is 21.9 Å². The summed E-state index contributed by atoms with van der Waals surface area (Å²) in [6, 6.07) is 6.23. The molecule has 0 fully saturated rings. The summed E-state index contributed by atoms with van der Waals surface area (Å²) in [4.78, 5) is 2.14. The van der Waals surface area contributed by atoms with E-state index in [2.05, 4.69) is 6.07 Å². The standard InChI is InChI=1S/C11H16ClNOSSi/c1-9-5-6-10(15-9)11(2,7-13)14-16(3,4)8-12/h5-6H,8H2,1-4H3. The number of rotatable bonds is 4. The minimum Gasteiger partial charge on any atom is -0.395 e. The van der Waals surface area contributed by atoms with Crippen LogP contribution in [0.3, 0.4) is 0 Å². The number of nitriles is 1. The Hall–Kier alpha value is -0.343. The van der Waals surface area contributed by atoms with Gasteiger partial charge in [0.1, 0.15) is 6.07 Å². The molecule has 0 spiro atoms. The Labute approximate surface area is 107 Å². The van der Waals surface area contributed by atoms with E-state index in [1.165, 1.54) is 4.88 Å². The summed E-state index contributed by atoms with van der Waals surface area (Å²) < 4.78 is 5.98. The lowest BCUT2D eigenvalue weighted by Crippen LogP contribution is -2.41. The molecule has 1 atom stereocenters. The van der Waals surface area contributed by atoms with Gasteiger partial charge in [0.15, 0.2) is 5.60 Å². The van der Waals surface area contributed by atoms with Crippen LogP contribution in [0.2, 0.25) is 13.1 Å². The minimum atomic E-state index is -1.96. The fourth-order valence-corrected chi connectivity index (χ4v) is 3.85.